The summed E-state index contributed by atoms with van der Waals surface area (Å²) in [5.74, 6) is 0.993. The lowest BCUT2D eigenvalue weighted by Crippen LogP contribution is -2.26. The van der Waals surface area contributed by atoms with E-state index in [2.05, 4.69) is 20.6 Å². The minimum Gasteiger partial charge on any atom is -0.488 e. The third kappa shape index (κ3) is 6.43. The van der Waals surface area contributed by atoms with Crippen molar-refractivity contribution in [2.75, 3.05) is 43.3 Å². The predicted molar refractivity (Wildman–Crippen MR) is 131 cm³/mol. The molecule has 1 amide bonds. The molecule has 1 aromatic heterocycles. The fourth-order valence-electron chi connectivity index (χ4n) is 3.59. The maximum absolute atomic E-state index is 11.9. The van der Waals surface area contributed by atoms with Crippen LogP contribution in [-0.4, -0.2) is 48.9 Å². The number of methoxy groups -OCH3 is 1. The summed E-state index contributed by atoms with van der Waals surface area (Å²) >= 11 is 0. The van der Waals surface area contributed by atoms with E-state index in [1.807, 2.05) is 48.5 Å². The number of carbonyl (C=O) groups excluding carboxylic acids is 1. The van der Waals surface area contributed by atoms with Crippen molar-refractivity contribution in [3.8, 4) is 17.0 Å². The lowest BCUT2D eigenvalue weighted by molar-refractivity contribution is -0.117. The van der Waals surface area contributed by atoms with Gasteiger partial charge in [0.1, 0.15) is 11.9 Å². The molecule has 0 unspecified atom stereocenters. The Morgan fingerprint density at radius 1 is 1.15 bits per heavy atom. The van der Waals surface area contributed by atoms with Gasteiger partial charge in [0.2, 0.25) is 11.9 Å². The van der Waals surface area contributed by atoms with Gasteiger partial charge < -0.3 is 30.6 Å². The van der Waals surface area contributed by atoms with E-state index in [9.17, 15) is 4.79 Å². The monoisotopic (exact) mass is 463 g/mol. The molecule has 0 atom stereocenters. The number of carbonyl (C=O) groups is 1. The van der Waals surface area contributed by atoms with Gasteiger partial charge in [0, 0.05) is 43.1 Å². The second-order valence-electron chi connectivity index (χ2n) is 7.94. The number of anilines is 4. The van der Waals surface area contributed by atoms with Gasteiger partial charge in [0.05, 0.1) is 37.6 Å². The van der Waals surface area contributed by atoms with Gasteiger partial charge in [0.15, 0.2) is 0 Å². The Morgan fingerprint density at radius 2 is 1.97 bits per heavy atom. The van der Waals surface area contributed by atoms with Gasteiger partial charge in [-0.3, -0.25) is 4.79 Å². The zero-order valence-electron chi connectivity index (χ0n) is 19.1. The normalized spacial score (nSPS) is 13.9. The molecule has 2 heterocycles. The molecule has 0 aliphatic carbocycles. The van der Waals surface area contributed by atoms with Crippen LogP contribution in [-0.2, 0) is 14.3 Å². The van der Waals surface area contributed by atoms with Gasteiger partial charge in [0.25, 0.3) is 0 Å². The Bertz CT molecular complexity index is 1120. The molecule has 1 saturated heterocycles. The molecule has 34 heavy (non-hydrogen) atoms. The molecule has 178 valence electrons. The first kappa shape index (κ1) is 23.5. The summed E-state index contributed by atoms with van der Waals surface area (Å²) in [4.78, 5) is 20.9. The van der Waals surface area contributed by atoms with Crippen LogP contribution in [0.4, 0.5) is 23.0 Å². The van der Waals surface area contributed by atoms with E-state index in [0.29, 0.717) is 49.3 Å². The maximum Gasteiger partial charge on any atom is 0.227 e. The second-order valence-corrected chi connectivity index (χ2v) is 7.94. The van der Waals surface area contributed by atoms with Gasteiger partial charge in [-0.1, -0.05) is 6.07 Å². The van der Waals surface area contributed by atoms with Gasteiger partial charge in [-0.15, -0.1) is 0 Å². The Morgan fingerprint density at radius 3 is 2.76 bits per heavy atom. The lowest BCUT2D eigenvalue weighted by atomic mass is 10.1. The molecule has 4 rings (SSSR count). The first-order valence-electron chi connectivity index (χ1n) is 11.2. The van der Waals surface area contributed by atoms with Gasteiger partial charge in [-0.05, 0) is 42.5 Å². The molecule has 4 N–H and O–H groups in total. The molecule has 9 nitrogen and oxygen atoms in total. The fraction of sp³-hybridized carbons (Fsp3) is 0.320. The number of hydrogen-bond acceptors (Lipinski definition) is 8. The molecule has 3 aromatic rings. The van der Waals surface area contributed by atoms with Crippen LogP contribution >= 0.6 is 0 Å². The lowest BCUT2D eigenvalue weighted by Gasteiger charge is -2.24. The van der Waals surface area contributed by atoms with E-state index in [-0.39, 0.29) is 12.0 Å². The zero-order valence-corrected chi connectivity index (χ0v) is 19.1. The Hall–Kier alpha value is -3.69. The third-order valence-corrected chi connectivity index (χ3v) is 5.36. The van der Waals surface area contributed by atoms with Crippen molar-refractivity contribution in [1.29, 1.82) is 0 Å². The van der Waals surface area contributed by atoms with E-state index >= 15 is 0 Å². The van der Waals surface area contributed by atoms with Crippen LogP contribution in [0, 0.1) is 0 Å². The summed E-state index contributed by atoms with van der Waals surface area (Å²) in [6.07, 6.45) is 3.82. The van der Waals surface area contributed by atoms with E-state index in [1.54, 1.807) is 13.3 Å². The van der Waals surface area contributed by atoms with E-state index in [4.69, 9.17) is 19.9 Å². The van der Waals surface area contributed by atoms with E-state index in [1.165, 1.54) is 0 Å². The van der Waals surface area contributed by atoms with Crippen molar-refractivity contribution in [3.63, 3.8) is 0 Å². The number of benzene rings is 2. The highest BCUT2D eigenvalue weighted by Gasteiger charge is 2.17. The van der Waals surface area contributed by atoms with E-state index < -0.39 is 0 Å². The number of aromatic nitrogens is 2. The molecule has 0 bridgehead atoms. The second kappa shape index (κ2) is 11.4. The molecule has 0 spiro atoms. The summed E-state index contributed by atoms with van der Waals surface area (Å²) in [5.41, 5.74) is 9.85. The number of ether oxygens (including phenoxy) is 3. The Kier molecular flexibility index (Phi) is 7.90. The number of amides is 1. The predicted octanol–water partition coefficient (Wildman–Crippen LogP) is 4.00. The topological polar surface area (TPSA) is 121 Å². The summed E-state index contributed by atoms with van der Waals surface area (Å²) < 4.78 is 16.4. The zero-order chi connectivity index (χ0) is 23.8. The van der Waals surface area contributed by atoms with Gasteiger partial charge in [-0.2, -0.15) is 0 Å². The summed E-state index contributed by atoms with van der Waals surface area (Å²) in [7, 11) is 1.57. The molecule has 0 radical (unpaired) electrons. The SMILES string of the molecule is COCCC(=O)Nc1cccc(Nc2nccc(-c3ccc(OC4CCOCC4)c(N)c3)n2)c1. The summed E-state index contributed by atoms with van der Waals surface area (Å²) in [6.45, 7) is 1.79. The van der Waals surface area contributed by atoms with Crippen molar-refractivity contribution in [2.24, 2.45) is 0 Å². The van der Waals surface area contributed by atoms with Crippen molar-refractivity contribution in [1.82, 2.24) is 9.97 Å². The maximum atomic E-state index is 11.9. The summed E-state index contributed by atoms with van der Waals surface area (Å²) in [6, 6.07) is 14.9. The molecule has 9 heteroatoms. The van der Waals surface area contributed by atoms with Crippen LogP contribution < -0.4 is 21.1 Å². The van der Waals surface area contributed by atoms with Crippen LogP contribution in [0.1, 0.15) is 19.3 Å². The van der Waals surface area contributed by atoms with Crippen molar-refractivity contribution < 1.29 is 19.0 Å². The number of nitrogens with zero attached hydrogens (tertiary/aromatic N) is 2. The van der Waals surface area contributed by atoms with Crippen LogP contribution in [0.5, 0.6) is 5.75 Å². The summed E-state index contributed by atoms with van der Waals surface area (Å²) in [5, 5.41) is 6.03. The Labute approximate surface area is 198 Å². The molecular formula is C25H29N5O4. The highest BCUT2D eigenvalue weighted by Crippen LogP contribution is 2.30. The first-order valence-corrected chi connectivity index (χ1v) is 11.2. The smallest absolute Gasteiger partial charge is 0.227 e. The molecule has 1 aliphatic rings. The minimum atomic E-state index is -0.112. The van der Waals surface area contributed by atoms with Crippen molar-refractivity contribution in [3.05, 3.63) is 54.7 Å². The minimum absolute atomic E-state index is 0.112. The standard InChI is InChI=1S/C25H29N5O4/c1-32-12-10-24(31)28-18-3-2-4-19(16-18)29-25-27-11-7-22(30-25)17-5-6-23(21(26)15-17)34-20-8-13-33-14-9-20/h2-7,11,15-16,20H,8-10,12-14,26H2,1H3,(H,28,31)(H,27,29,30). The fourth-order valence-corrected chi connectivity index (χ4v) is 3.59. The number of hydrogen-bond donors (Lipinski definition) is 3. The number of nitrogens with two attached hydrogens (primary N) is 1. The van der Waals surface area contributed by atoms with Crippen LogP contribution in [0.3, 0.4) is 0 Å². The first-order chi connectivity index (χ1) is 16.6. The average molecular weight is 464 g/mol. The number of rotatable bonds is 9. The van der Waals surface area contributed by atoms with Crippen molar-refractivity contribution >= 4 is 28.9 Å². The van der Waals surface area contributed by atoms with Gasteiger partial charge >= 0.3 is 0 Å². The molecule has 0 saturated carbocycles. The molecule has 1 aliphatic heterocycles. The van der Waals surface area contributed by atoms with Crippen molar-refractivity contribution in [2.45, 2.75) is 25.4 Å². The Balaban J connectivity index is 1.43. The number of nitrogens with one attached hydrogen (secondary N) is 2. The molecular weight excluding hydrogens is 434 g/mol. The highest BCUT2D eigenvalue weighted by molar-refractivity contribution is 5.91. The van der Waals surface area contributed by atoms with Crippen LogP contribution in [0.2, 0.25) is 0 Å². The molecule has 2 aromatic carbocycles. The average Bonchev–Trinajstić information content (AvgIpc) is 2.85. The quantitative estimate of drug-likeness (QED) is 0.407. The van der Waals surface area contributed by atoms with Crippen LogP contribution in [0.15, 0.2) is 54.7 Å². The van der Waals surface area contributed by atoms with E-state index in [0.717, 1.165) is 29.8 Å². The largest absolute Gasteiger partial charge is 0.488 e. The third-order valence-electron chi connectivity index (χ3n) is 5.36. The van der Waals surface area contributed by atoms with Crippen LogP contribution in [0.25, 0.3) is 11.3 Å². The number of nitrogen functional groups attached to an aromatic ring is 1. The highest BCUT2D eigenvalue weighted by atomic mass is 16.5. The van der Waals surface area contributed by atoms with Gasteiger partial charge in [-0.25, -0.2) is 9.97 Å². The molecule has 1 fully saturated rings.